The minimum atomic E-state index is -4.52. The van der Waals surface area contributed by atoms with Crippen LogP contribution in [0.15, 0.2) is 53.3 Å². The average Bonchev–Trinajstić information content (AvgIpc) is 3.45. The third-order valence-electron chi connectivity index (χ3n) is 6.40. The number of halogens is 3. The Morgan fingerprint density at radius 2 is 1.80 bits per heavy atom. The van der Waals surface area contributed by atoms with E-state index in [2.05, 4.69) is 4.98 Å². The van der Waals surface area contributed by atoms with Gasteiger partial charge in [0.05, 0.1) is 29.2 Å². The first-order chi connectivity index (χ1) is 16.8. The van der Waals surface area contributed by atoms with E-state index in [-0.39, 0.29) is 34.0 Å². The van der Waals surface area contributed by atoms with Crippen LogP contribution in [0, 0.1) is 6.92 Å². The summed E-state index contributed by atoms with van der Waals surface area (Å²) in [5.41, 5.74) is 1.02. The molecule has 1 atom stereocenters. The molecule has 5 aromatic rings. The first-order valence-corrected chi connectivity index (χ1v) is 11.3. The molecule has 0 aliphatic carbocycles. The van der Waals surface area contributed by atoms with E-state index in [1.54, 1.807) is 35.8 Å². The molecule has 178 valence electrons. The summed E-state index contributed by atoms with van der Waals surface area (Å²) in [5, 5.41) is 0.222. The van der Waals surface area contributed by atoms with Gasteiger partial charge < -0.3 is 4.74 Å². The van der Waals surface area contributed by atoms with Crippen LogP contribution in [0.1, 0.15) is 24.2 Å². The Kier molecular flexibility index (Phi) is 4.89. The van der Waals surface area contributed by atoms with Crippen LogP contribution in [0.2, 0.25) is 0 Å². The van der Waals surface area contributed by atoms with E-state index in [1.807, 2.05) is 6.07 Å². The van der Waals surface area contributed by atoms with Crippen molar-refractivity contribution in [3.8, 4) is 5.69 Å². The SMILES string of the molecule is Cc1nc2c(c(=O)n1CC1CCCO1)c1nc3ccccc3nc1n2-c1cccc(C(F)(F)F)c1. The molecule has 1 aliphatic rings. The molecule has 1 fully saturated rings. The molecule has 7 nitrogen and oxygen atoms in total. The van der Waals surface area contributed by atoms with Crippen LogP contribution in [0.3, 0.4) is 0 Å². The van der Waals surface area contributed by atoms with E-state index in [1.165, 1.54) is 10.6 Å². The predicted octanol–water partition coefficient (Wildman–Crippen LogP) is 4.79. The fourth-order valence-corrected chi connectivity index (χ4v) is 4.70. The Labute approximate surface area is 196 Å². The summed E-state index contributed by atoms with van der Waals surface area (Å²) in [6.45, 7) is 2.71. The second kappa shape index (κ2) is 7.88. The summed E-state index contributed by atoms with van der Waals surface area (Å²) >= 11 is 0. The lowest BCUT2D eigenvalue weighted by Gasteiger charge is -2.15. The van der Waals surface area contributed by atoms with Gasteiger partial charge in [0.1, 0.15) is 16.7 Å². The molecule has 0 radical (unpaired) electrons. The number of rotatable bonds is 3. The van der Waals surface area contributed by atoms with Gasteiger partial charge in [0, 0.05) is 12.3 Å². The number of alkyl halides is 3. The summed E-state index contributed by atoms with van der Waals surface area (Å²) < 4.78 is 49.3. The number of hydrogen-bond donors (Lipinski definition) is 0. The number of ether oxygens (including phenoxy) is 1. The Hall–Kier alpha value is -3.79. The molecule has 3 aromatic heterocycles. The molecule has 6 rings (SSSR count). The van der Waals surface area contributed by atoms with Crippen LogP contribution in [0.4, 0.5) is 13.2 Å². The summed E-state index contributed by atoms with van der Waals surface area (Å²) in [7, 11) is 0. The van der Waals surface area contributed by atoms with Crippen LogP contribution in [-0.2, 0) is 17.5 Å². The van der Waals surface area contributed by atoms with Crippen molar-refractivity contribution in [3.05, 3.63) is 70.3 Å². The van der Waals surface area contributed by atoms with Crippen LogP contribution < -0.4 is 5.56 Å². The molecule has 0 spiro atoms. The summed E-state index contributed by atoms with van der Waals surface area (Å²) in [6.07, 6.45) is -2.83. The first-order valence-electron chi connectivity index (χ1n) is 11.3. The van der Waals surface area contributed by atoms with Gasteiger partial charge in [0.25, 0.3) is 5.56 Å². The van der Waals surface area contributed by atoms with Gasteiger partial charge in [-0.15, -0.1) is 0 Å². The van der Waals surface area contributed by atoms with Crippen LogP contribution in [-0.4, -0.2) is 36.8 Å². The van der Waals surface area contributed by atoms with Crippen molar-refractivity contribution < 1.29 is 17.9 Å². The van der Waals surface area contributed by atoms with Crippen LogP contribution >= 0.6 is 0 Å². The van der Waals surface area contributed by atoms with E-state index in [0.717, 1.165) is 25.0 Å². The quantitative estimate of drug-likeness (QED) is 0.372. The normalized spacial score (nSPS) is 16.6. The number of hydrogen-bond acceptors (Lipinski definition) is 5. The molecule has 0 N–H and O–H groups in total. The lowest BCUT2D eigenvalue weighted by atomic mass is 10.2. The highest BCUT2D eigenvalue weighted by molar-refractivity contribution is 6.05. The minimum absolute atomic E-state index is 0.0885. The molecule has 1 unspecified atom stereocenters. The van der Waals surface area contributed by atoms with Gasteiger partial charge in [-0.2, -0.15) is 13.2 Å². The molecular formula is C25H20F3N5O2. The third-order valence-corrected chi connectivity index (χ3v) is 6.40. The lowest BCUT2D eigenvalue weighted by molar-refractivity contribution is -0.137. The maximum atomic E-state index is 13.8. The molecule has 35 heavy (non-hydrogen) atoms. The van der Waals surface area contributed by atoms with Crippen molar-refractivity contribution in [2.75, 3.05) is 6.61 Å². The summed E-state index contributed by atoms with van der Waals surface area (Å²) in [5.74, 6) is 0.443. The van der Waals surface area contributed by atoms with Gasteiger partial charge in [-0.1, -0.05) is 18.2 Å². The second-order valence-corrected chi connectivity index (χ2v) is 8.68. The molecule has 4 heterocycles. The second-order valence-electron chi connectivity index (χ2n) is 8.68. The third kappa shape index (κ3) is 3.56. The molecule has 10 heteroatoms. The largest absolute Gasteiger partial charge is 0.416 e. The smallest absolute Gasteiger partial charge is 0.376 e. The number of para-hydroxylation sites is 2. The van der Waals surface area contributed by atoms with Crippen molar-refractivity contribution in [1.82, 2.24) is 24.1 Å². The molecule has 0 saturated carbocycles. The first kappa shape index (κ1) is 21.7. The average molecular weight is 479 g/mol. The number of nitrogens with zero attached hydrogens (tertiary/aromatic N) is 5. The maximum Gasteiger partial charge on any atom is 0.416 e. The van der Waals surface area contributed by atoms with Gasteiger partial charge in [-0.3, -0.25) is 13.9 Å². The lowest BCUT2D eigenvalue weighted by Crippen LogP contribution is -2.29. The van der Waals surface area contributed by atoms with E-state index in [0.29, 0.717) is 35.5 Å². The van der Waals surface area contributed by atoms with Gasteiger partial charge in [0.2, 0.25) is 0 Å². The van der Waals surface area contributed by atoms with Gasteiger partial charge in [-0.25, -0.2) is 15.0 Å². The Morgan fingerprint density at radius 3 is 2.51 bits per heavy atom. The van der Waals surface area contributed by atoms with E-state index < -0.39 is 11.7 Å². The number of aryl methyl sites for hydroxylation is 1. The Bertz CT molecular complexity index is 1670. The fourth-order valence-electron chi connectivity index (χ4n) is 4.70. The Balaban J connectivity index is 1.70. The van der Waals surface area contributed by atoms with Crippen molar-refractivity contribution in [1.29, 1.82) is 0 Å². The monoisotopic (exact) mass is 479 g/mol. The van der Waals surface area contributed by atoms with E-state index in [9.17, 15) is 18.0 Å². The van der Waals surface area contributed by atoms with Gasteiger partial charge in [-0.05, 0) is 50.1 Å². The predicted molar refractivity (Wildman–Crippen MR) is 125 cm³/mol. The molecular weight excluding hydrogens is 459 g/mol. The molecule has 0 amide bonds. The number of benzene rings is 2. The van der Waals surface area contributed by atoms with Gasteiger partial charge in [0.15, 0.2) is 11.3 Å². The highest BCUT2D eigenvalue weighted by atomic mass is 19.4. The van der Waals surface area contributed by atoms with Crippen molar-refractivity contribution >= 4 is 33.2 Å². The topological polar surface area (TPSA) is 74.8 Å². The molecule has 1 saturated heterocycles. The van der Waals surface area contributed by atoms with E-state index in [4.69, 9.17) is 14.7 Å². The Morgan fingerprint density at radius 1 is 1.03 bits per heavy atom. The van der Waals surface area contributed by atoms with Crippen molar-refractivity contribution in [3.63, 3.8) is 0 Å². The number of aromatic nitrogens is 5. The number of fused-ring (bicyclic) bond motifs is 4. The maximum absolute atomic E-state index is 13.8. The van der Waals surface area contributed by atoms with Crippen LogP contribution in [0.25, 0.3) is 38.9 Å². The van der Waals surface area contributed by atoms with E-state index >= 15 is 0 Å². The molecule has 0 bridgehead atoms. The van der Waals surface area contributed by atoms with Gasteiger partial charge >= 0.3 is 6.18 Å². The highest BCUT2D eigenvalue weighted by Gasteiger charge is 2.31. The van der Waals surface area contributed by atoms with Crippen molar-refractivity contribution in [2.24, 2.45) is 0 Å². The highest BCUT2D eigenvalue weighted by Crippen LogP contribution is 2.33. The minimum Gasteiger partial charge on any atom is -0.376 e. The van der Waals surface area contributed by atoms with Crippen molar-refractivity contribution in [2.45, 2.75) is 38.6 Å². The summed E-state index contributed by atoms with van der Waals surface area (Å²) in [6, 6.07) is 12.1. The van der Waals surface area contributed by atoms with Crippen LogP contribution in [0.5, 0.6) is 0 Å². The zero-order valence-electron chi connectivity index (χ0n) is 18.7. The molecule has 2 aromatic carbocycles. The molecule has 1 aliphatic heterocycles. The standard InChI is InChI=1S/C25H20F3N5O2/c1-14-29-22-20(24(34)32(14)13-17-8-5-11-35-17)21-23(31-19-10-3-2-9-18(19)30-21)33(22)16-7-4-6-15(12-16)25(26,27)28/h2-4,6-7,9-10,12,17H,5,8,11,13H2,1H3. The zero-order chi connectivity index (χ0) is 24.3. The summed E-state index contributed by atoms with van der Waals surface area (Å²) in [4.78, 5) is 27.8. The fraction of sp³-hybridized carbons (Fsp3) is 0.280. The zero-order valence-corrected chi connectivity index (χ0v) is 18.7.